The van der Waals surface area contributed by atoms with Crippen LogP contribution in [0.1, 0.15) is 50.5 Å². The largest absolute Gasteiger partial charge is 0.375 e. The fraction of sp³-hybridized carbons (Fsp3) is 0.667. The van der Waals surface area contributed by atoms with Crippen molar-refractivity contribution in [3.63, 3.8) is 0 Å². The van der Waals surface area contributed by atoms with E-state index in [0.29, 0.717) is 18.1 Å². The number of hydrogen-bond acceptors (Lipinski definition) is 5. The van der Waals surface area contributed by atoms with Crippen LogP contribution in [0.4, 0.5) is 5.82 Å². The van der Waals surface area contributed by atoms with Crippen LogP contribution in [0.25, 0.3) is 0 Å². The highest BCUT2D eigenvalue weighted by molar-refractivity contribution is 5.92. The van der Waals surface area contributed by atoms with E-state index in [1.807, 2.05) is 13.8 Å². The molecule has 1 fully saturated rings. The van der Waals surface area contributed by atoms with E-state index in [4.69, 9.17) is 4.74 Å². The Balaban J connectivity index is 1.91. The van der Waals surface area contributed by atoms with E-state index in [-0.39, 0.29) is 17.6 Å². The highest BCUT2D eigenvalue weighted by Gasteiger charge is 2.30. The number of nitrogens with one attached hydrogen (secondary N) is 2. The molecule has 2 rings (SSSR count). The molecule has 1 atom stereocenters. The maximum atomic E-state index is 12.2. The first-order valence-corrected chi connectivity index (χ1v) is 7.51. The average Bonchev–Trinajstić information content (AvgIpc) is 2.44. The second-order valence-corrected chi connectivity index (χ2v) is 5.98. The Morgan fingerprint density at radius 3 is 2.86 bits per heavy atom. The summed E-state index contributed by atoms with van der Waals surface area (Å²) in [5.41, 5.74) is 0.164. The van der Waals surface area contributed by atoms with Crippen molar-refractivity contribution in [3.8, 4) is 0 Å². The van der Waals surface area contributed by atoms with Crippen LogP contribution in [-0.2, 0) is 4.74 Å². The monoisotopic (exact) mass is 292 g/mol. The maximum Gasteiger partial charge on any atom is 0.271 e. The zero-order chi connectivity index (χ0) is 15.3. The van der Waals surface area contributed by atoms with E-state index >= 15 is 0 Å². The van der Waals surface area contributed by atoms with Gasteiger partial charge in [-0.15, -0.1) is 0 Å². The van der Waals surface area contributed by atoms with Crippen LogP contribution in [-0.4, -0.2) is 40.7 Å². The summed E-state index contributed by atoms with van der Waals surface area (Å²) in [5.74, 6) is 0.521. The lowest BCUT2D eigenvalue weighted by atomic mass is 9.94. The minimum absolute atomic E-state index is 0.126. The van der Waals surface area contributed by atoms with Crippen molar-refractivity contribution >= 4 is 11.7 Å². The molecule has 21 heavy (non-hydrogen) atoms. The fourth-order valence-electron chi connectivity index (χ4n) is 2.40. The van der Waals surface area contributed by atoms with Crippen molar-refractivity contribution in [1.82, 2.24) is 15.3 Å². The van der Waals surface area contributed by atoms with Crippen LogP contribution in [0.15, 0.2) is 12.4 Å². The number of nitrogens with zero attached hydrogens (tertiary/aromatic N) is 2. The molecule has 116 valence electrons. The molecule has 1 aliphatic rings. The molecule has 2 heterocycles. The quantitative estimate of drug-likeness (QED) is 0.868. The first-order chi connectivity index (χ1) is 10.00. The van der Waals surface area contributed by atoms with Crippen LogP contribution in [0.2, 0.25) is 0 Å². The third-order valence-electron chi connectivity index (χ3n) is 3.47. The van der Waals surface area contributed by atoms with Crippen molar-refractivity contribution in [2.24, 2.45) is 0 Å². The molecular formula is C15H24N4O2. The number of carbonyl (C=O) groups is 1. The van der Waals surface area contributed by atoms with Gasteiger partial charge in [-0.25, -0.2) is 9.97 Å². The number of carbonyl (C=O) groups excluding carboxylic acids is 1. The van der Waals surface area contributed by atoms with Crippen molar-refractivity contribution < 1.29 is 9.53 Å². The molecule has 0 radical (unpaired) electrons. The molecule has 6 nitrogen and oxygen atoms in total. The molecule has 1 aromatic rings. The minimum Gasteiger partial charge on any atom is -0.375 e. The Hall–Kier alpha value is -1.69. The van der Waals surface area contributed by atoms with Gasteiger partial charge in [0.05, 0.1) is 18.0 Å². The van der Waals surface area contributed by atoms with Crippen LogP contribution in [0.3, 0.4) is 0 Å². The lowest BCUT2D eigenvalue weighted by Crippen LogP contribution is -2.46. The second kappa shape index (κ2) is 6.85. The van der Waals surface area contributed by atoms with E-state index in [1.54, 1.807) is 6.20 Å². The van der Waals surface area contributed by atoms with Gasteiger partial charge in [0.15, 0.2) is 0 Å². The topological polar surface area (TPSA) is 76.1 Å². The summed E-state index contributed by atoms with van der Waals surface area (Å²) in [6, 6.07) is 0.126. The van der Waals surface area contributed by atoms with Gasteiger partial charge in [-0.2, -0.15) is 0 Å². The lowest BCUT2D eigenvalue weighted by molar-refractivity contribution is -0.0615. The first-order valence-electron chi connectivity index (χ1n) is 7.51. The van der Waals surface area contributed by atoms with E-state index in [2.05, 4.69) is 27.5 Å². The SMILES string of the molecule is CCCNc1cnc(C(=O)NC2CCOC(C)(C)C2)cn1. The normalized spacial score (nSPS) is 20.8. The Bertz CT molecular complexity index is 473. The van der Waals surface area contributed by atoms with E-state index in [1.165, 1.54) is 6.20 Å². The summed E-state index contributed by atoms with van der Waals surface area (Å²) in [5, 5.41) is 6.14. The zero-order valence-electron chi connectivity index (χ0n) is 13.0. The predicted octanol–water partition coefficient (Wildman–Crippen LogP) is 1.99. The average molecular weight is 292 g/mol. The van der Waals surface area contributed by atoms with Gasteiger partial charge in [-0.3, -0.25) is 4.79 Å². The van der Waals surface area contributed by atoms with Gasteiger partial charge in [0.25, 0.3) is 5.91 Å². The van der Waals surface area contributed by atoms with Crippen LogP contribution >= 0.6 is 0 Å². The van der Waals surface area contributed by atoms with Crippen LogP contribution in [0, 0.1) is 0 Å². The van der Waals surface area contributed by atoms with Gasteiger partial charge in [0.1, 0.15) is 11.5 Å². The molecule has 2 N–H and O–H groups in total. The molecule has 1 aliphatic heterocycles. The van der Waals surface area contributed by atoms with E-state index < -0.39 is 0 Å². The Kier molecular flexibility index (Phi) is 5.12. The van der Waals surface area contributed by atoms with Gasteiger partial charge < -0.3 is 15.4 Å². The van der Waals surface area contributed by atoms with Crippen molar-refractivity contribution in [2.75, 3.05) is 18.5 Å². The summed E-state index contributed by atoms with van der Waals surface area (Å²) in [4.78, 5) is 20.5. The van der Waals surface area contributed by atoms with Crippen LogP contribution in [0.5, 0.6) is 0 Å². The molecule has 6 heteroatoms. The summed E-state index contributed by atoms with van der Waals surface area (Å²) >= 11 is 0. The molecule has 1 unspecified atom stereocenters. The molecule has 1 saturated heterocycles. The maximum absolute atomic E-state index is 12.2. The summed E-state index contributed by atoms with van der Waals surface area (Å²) in [7, 11) is 0. The Morgan fingerprint density at radius 2 is 2.24 bits per heavy atom. The van der Waals surface area contributed by atoms with Crippen molar-refractivity contribution in [3.05, 3.63) is 18.1 Å². The molecule has 0 bridgehead atoms. The molecule has 1 aromatic heterocycles. The third-order valence-corrected chi connectivity index (χ3v) is 3.47. The molecular weight excluding hydrogens is 268 g/mol. The molecule has 1 amide bonds. The highest BCUT2D eigenvalue weighted by Crippen LogP contribution is 2.24. The van der Waals surface area contributed by atoms with E-state index in [9.17, 15) is 4.79 Å². The van der Waals surface area contributed by atoms with Gasteiger partial charge >= 0.3 is 0 Å². The second-order valence-electron chi connectivity index (χ2n) is 5.98. The number of rotatable bonds is 5. The van der Waals surface area contributed by atoms with Gasteiger partial charge in [0, 0.05) is 19.2 Å². The van der Waals surface area contributed by atoms with Gasteiger partial charge in [-0.05, 0) is 33.1 Å². The standard InChI is InChI=1S/C15H24N4O2/c1-4-6-16-13-10-17-12(9-18-13)14(20)19-11-5-7-21-15(2,3)8-11/h9-11H,4-8H2,1-3H3,(H,16,18)(H,19,20). The molecule has 0 spiro atoms. The summed E-state index contributed by atoms with van der Waals surface area (Å²) in [6.07, 6.45) is 5.76. The van der Waals surface area contributed by atoms with Crippen molar-refractivity contribution in [1.29, 1.82) is 0 Å². The number of amides is 1. The Morgan fingerprint density at radius 1 is 1.43 bits per heavy atom. The Labute approximate surface area is 125 Å². The molecule has 0 aliphatic carbocycles. The number of anilines is 1. The first kappa shape index (κ1) is 15.7. The smallest absolute Gasteiger partial charge is 0.271 e. The van der Waals surface area contributed by atoms with Crippen LogP contribution < -0.4 is 10.6 Å². The summed E-state index contributed by atoms with van der Waals surface area (Å²) in [6.45, 7) is 7.68. The van der Waals surface area contributed by atoms with Crippen molar-refractivity contribution in [2.45, 2.75) is 51.7 Å². The van der Waals surface area contributed by atoms with Gasteiger partial charge in [-0.1, -0.05) is 6.92 Å². The number of aromatic nitrogens is 2. The molecule has 0 aromatic carbocycles. The highest BCUT2D eigenvalue weighted by atomic mass is 16.5. The van der Waals surface area contributed by atoms with Gasteiger partial charge in [0.2, 0.25) is 0 Å². The third kappa shape index (κ3) is 4.67. The number of ether oxygens (including phenoxy) is 1. The fourth-order valence-corrected chi connectivity index (χ4v) is 2.40. The van der Waals surface area contributed by atoms with E-state index in [0.717, 1.165) is 25.8 Å². The number of hydrogen-bond donors (Lipinski definition) is 2. The lowest BCUT2D eigenvalue weighted by Gasteiger charge is -2.35. The predicted molar refractivity (Wildman–Crippen MR) is 81.3 cm³/mol. The minimum atomic E-state index is -0.185. The molecule has 0 saturated carbocycles. The summed E-state index contributed by atoms with van der Waals surface area (Å²) < 4.78 is 5.65. The zero-order valence-corrected chi connectivity index (χ0v) is 13.0.